The Bertz CT molecular complexity index is 409. The van der Waals surface area contributed by atoms with E-state index in [1.807, 2.05) is 6.33 Å². The van der Waals surface area contributed by atoms with Crippen LogP contribution >= 0.6 is 0 Å². The van der Waals surface area contributed by atoms with E-state index in [0.29, 0.717) is 6.04 Å². The SMILES string of the molecule is CC(C)(C1NCCc2[nH]cnc21)N1CCOCC1. The van der Waals surface area contributed by atoms with Crippen molar-refractivity contribution in [2.45, 2.75) is 31.8 Å². The van der Waals surface area contributed by atoms with Crippen LogP contribution in [0.2, 0.25) is 0 Å². The van der Waals surface area contributed by atoms with Gasteiger partial charge in [0, 0.05) is 37.3 Å². The quantitative estimate of drug-likeness (QED) is 0.811. The summed E-state index contributed by atoms with van der Waals surface area (Å²) in [6.45, 7) is 9.32. The first-order chi connectivity index (χ1) is 8.69. The third-order valence-electron chi connectivity index (χ3n) is 4.28. The number of fused-ring (bicyclic) bond motifs is 1. The molecular formula is C13H22N4O. The van der Waals surface area contributed by atoms with E-state index < -0.39 is 0 Å². The van der Waals surface area contributed by atoms with Gasteiger partial charge in [0.25, 0.3) is 0 Å². The van der Waals surface area contributed by atoms with Crippen LogP contribution < -0.4 is 5.32 Å². The van der Waals surface area contributed by atoms with E-state index in [0.717, 1.165) is 39.3 Å². The van der Waals surface area contributed by atoms with Crippen molar-refractivity contribution in [2.75, 3.05) is 32.8 Å². The van der Waals surface area contributed by atoms with Crippen molar-refractivity contribution < 1.29 is 4.74 Å². The molecule has 0 aliphatic carbocycles. The summed E-state index contributed by atoms with van der Waals surface area (Å²) >= 11 is 0. The van der Waals surface area contributed by atoms with Crippen molar-refractivity contribution in [3.8, 4) is 0 Å². The van der Waals surface area contributed by atoms with E-state index in [1.54, 1.807) is 0 Å². The van der Waals surface area contributed by atoms with Gasteiger partial charge in [-0.3, -0.25) is 4.90 Å². The summed E-state index contributed by atoms with van der Waals surface area (Å²) in [5.41, 5.74) is 2.55. The van der Waals surface area contributed by atoms with Crippen molar-refractivity contribution in [1.82, 2.24) is 20.2 Å². The minimum Gasteiger partial charge on any atom is -0.379 e. The Labute approximate surface area is 108 Å². The number of nitrogens with zero attached hydrogens (tertiary/aromatic N) is 2. The number of aromatic amines is 1. The third kappa shape index (κ3) is 1.96. The standard InChI is InChI=1S/C13H22N4O/c1-13(2,17-5-7-18-8-6-17)12-11-10(3-4-14-12)15-9-16-11/h9,12,14H,3-8H2,1-2H3,(H,15,16). The van der Waals surface area contributed by atoms with Crippen LogP contribution in [-0.2, 0) is 11.2 Å². The van der Waals surface area contributed by atoms with Crippen LogP contribution in [0.3, 0.4) is 0 Å². The molecule has 100 valence electrons. The summed E-state index contributed by atoms with van der Waals surface area (Å²) in [5.74, 6) is 0. The molecule has 2 aliphatic rings. The summed E-state index contributed by atoms with van der Waals surface area (Å²) in [4.78, 5) is 10.3. The second-order valence-electron chi connectivity index (χ2n) is 5.66. The fourth-order valence-corrected chi connectivity index (χ4v) is 3.13. The zero-order valence-electron chi connectivity index (χ0n) is 11.2. The fourth-order valence-electron chi connectivity index (χ4n) is 3.13. The first kappa shape index (κ1) is 12.1. The van der Waals surface area contributed by atoms with Crippen molar-refractivity contribution in [1.29, 1.82) is 0 Å². The molecule has 0 amide bonds. The lowest BCUT2D eigenvalue weighted by atomic mass is 9.86. The van der Waals surface area contributed by atoms with Crippen LogP contribution in [0.1, 0.15) is 31.3 Å². The minimum absolute atomic E-state index is 0.0636. The lowest BCUT2D eigenvalue weighted by molar-refractivity contribution is -0.0251. The number of ether oxygens (including phenoxy) is 1. The Morgan fingerprint density at radius 1 is 1.39 bits per heavy atom. The van der Waals surface area contributed by atoms with Gasteiger partial charge in [-0.15, -0.1) is 0 Å². The Balaban J connectivity index is 1.85. The van der Waals surface area contributed by atoms with E-state index in [-0.39, 0.29) is 5.54 Å². The molecule has 18 heavy (non-hydrogen) atoms. The number of rotatable bonds is 2. The number of aromatic nitrogens is 2. The largest absolute Gasteiger partial charge is 0.379 e. The maximum Gasteiger partial charge on any atom is 0.0925 e. The van der Waals surface area contributed by atoms with Gasteiger partial charge in [-0.25, -0.2) is 4.98 Å². The van der Waals surface area contributed by atoms with Gasteiger partial charge >= 0.3 is 0 Å². The summed E-state index contributed by atoms with van der Waals surface area (Å²) in [5, 5.41) is 3.63. The van der Waals surface area contributed by atoms with Crippen LogP contribution in [-0.4, -0.2) is 53.3 Å². The highest BCUT2D eigenvalue weighted by atomic mass is 16.5. The summed E-state index contributed by atoms with van der Waals surface area (Å²) in [6, 6.07) is 0.297. The number of nitrogens with one attached hydrogen (secondary N) is 2. The highest BCUT2D eigenvalue weighted by Gasteiger charge is 2.40. The van der Waals surface area contributed by atoms with Crippen molar-refractivity contribution >= 4 is 0 Å². The zero-order valence-corrected chi connectivity index (χ0v) is 11.2. The molecule has 1 aromatic rings. The zero-order chi connectivity index (χ0) is 12.6. The monoisotopic (exact) mass is 250 g/mol. The predicted octanol–water partition coefficient (Wildman–Crippen LogP) is 0.707. The first-order valence-corrected chi connectivity index (χ1v) is 6.78. The molecule has 0 aromatic carbocycles. The maximum absolute atomic E-state index is 5.45. The van der Waals surface area contributed by atoms with Gasteiger partial charge in [0.15, 0.2) is 0 Å². The number of imidazole rings is 1. The maximum atomic E-state index is 5.45. The lowest BCUT2D eigenvalue weighted by Gasteiger charge is -2.46. The van der Waals surface area contributed by atoms with Crippen molar-refractivity contribution in [3.63, 3.8) is 0 Å². The molecule has 0 spiro atoms. The highest BCUT2D eigenvalue weighted by molar-refractivity contribution is 5.23. The summed E-state index contributed by atoms with van der Waals surface area (Å²) < 4.78 is 5.45. The molecule has 3 rings (SSSR count). The Morgan fingerprint density at radius 2 is 2.17 bits per heavy atom. The van der Waals surface area contributed by atoms with Gasteiger partial charge in [-0.2, -0.15) is 0 Å². The fraction of sp³-hybridized carbons (Fsp3) is 0.769. The van der Waals surface area contributed by atoms with Gasteiger partial charge in [-0.05, 0) is 13.8 Å². The van der Waals surface area contributed by atoms with Crippen LogP contribution in [0.4, 0.5) is 0 Å². The van der Waals surface area contributed by atoms with E-state index in [4.69, 9.17) is 4.74 Å². The van der Waals surface area contributed by atoms with E-state index >= 15 is 0 Å². The van der Waals surface area contributed by atoms with Crippen LogP contribution in [0.5, 0.6) is 0 Å². The van der Waals surface area contributed by atoms with Gasteiger partial charge in [-0.1, -0.05) is 0 Å². The highest BCUT2D eigenvalue weighted by Crippen LogP contribution is 2.33. The summed E-state index contributed by atoms with van der Waals surface area (Å²) in [7, 11) is 0. The minimum atomic E-state index is 0.0636. The Hall–Kier alpha value is -0.910. The van der Waals surface area contributed by atoms with Crippen molar-refractivity contribution in [3.05, 3.63) is 17.7 Å². The number of hydrogen-bond donors (Lipinski definition) is 2. The van der Waals surface area contributed by atoms with Gasteiger partial charge in [0.2, 0.25) is 0 Å². The molecule has 0 bridgehead atoms. The number of hydrogen-bond acceptors (Lipinski definition) is 4. The Kier molecular flexibility index (Phi) is 3.13. The molecule has 0 radical (unpaired) electrons. The second kappa shape index (κ2) is 4.64. The molecule has 1 unspecified atom stereocenters. The average molecular weight is 250 g/mol. The Morgan fingerprint density at radius 3 is 2.94 bits per heavy atom. The molecule has 2 N–H and O–H groups in total. The van der Waals surface area contributed by atoms with Crippen LogP contribution in [0.15, 0.2) is 6.33 Å². The molecule has 1 aromatic heterocycles. The topological polar surface area (TPSA) is 53.2 Å². The van der Waals surface area contributed by atoms with Gasteiger partial charge in [0.1, 0.15) is 0 Å². The molecular weight excluding hydrogens is 228 g/mol. The molecule has 2 aliphatic heterocycles. The van der Waals surface area contributed by atoms with E-state index in [9.17, 15) is 0 Å². The summed E-state index contributed by atoms with van der Waals surface area (Å²) in [6.07, 6.45) is 2.87. The van der Waals surface area contributed by atoms with Crippen LogP contribution in [0, 0.1) is 0 Å². The molecule has 3 heterocycles. The molecule has 0 saturated carbocycles. The molecule has 1 fully saturated rings. The van der Waals surface area contributed by atoms with Crippen LogP contribution in [0.25, 0.3) is 0 Å². The first-order valence-electron chi connectivity index (χ1n) is 6.78. The van der Waals surface area contributed by atoms with E-state index in [1.165, 1.54) is 11.4 Å². The third-order valence-corrected chi connectivity index (χ3v) is 4.28. The molecule has 5 heteroatoms. The van der Waals surface area contributed by atoms with Gasteiger partial charge < -0.3 is 15.0 Å². The molecule has 1 saturated heterocycles. The molecule has 1 atom stereocenters. The predicted molar refractivity (Wildman–Crippen MR) is 69.5 cm³/mol. The second-order valence-corrected chi connectivity index (χ2v) is 5.66. The van der Waals surface area contributed by atoms with Gasteiger partial charge in [0.05, 0.1) is 31.3 Å². The number of morpholine rings is 1. The lowest BCUT2D eigenvalue weighted by Crippen LogP contribution is -2.57. The average Bonchev–Trinajstić information content (AvgIpc) is 2.87. The number of H-pyrrole nitrogens is 1. The normalized spacial score (nSPS) is 26.0. The van der Waals surface area contributed by atoms with E-state index in [2.05, 4.69) is 34.0 Å². The molecule has 5 nitrogen and oxygen atoms in total. The van der Waals surface area contributed by atoms with Crippen molar-refractivity contribution in [2.24, 2.45) is 0 Å². The smallest absolute Gasteiger partial charge is 0.0925 e.